The minimum atomic E-state index is -0.207. The Morgan fingerprint density at radius 2 is 0.554 bits per heavy atom. The van der Waals surface area contributed by atoms with Crippen LogP contribution in [0.3, 0.4) is 0 Å². The van der Waals surface area contributed by atoms with Gasteiger partial charge in [0.1, 0.15) is 11.6 Å². The minimum absolute atomic E-state index is 0.163. The van der Waals surface area contributed by atoms with Gasteiger partial charge in [0.05, 0.1) is 11.0 Å². The number of pyridine rings is 2. The summed E-state index contributed by atoms with van der Waals surface area (Å²) in [6, 6.07) is 88.4. The van der Waals surface area contributed by atoms with Gasteiger partial charge < -0.3 is 0 Å². The average Bonchev–Trinajstić information content (AvgIpc) is 4.02. The first-order valence-electron chi connectivity index (χ1n) is 29.0. The third kappa shape index (κ3) is 8.34. The van der Waals surface area contributed by atoms with E-state index >= 15 is 0 Å². The lowest BCUT2D eigenvalue weighted by Gasteiger charge is -2.27. The summed E-state index contributed by atoms with van der Waals surface area (Å²) in [7, 11) is 0. The van der Waals surface area contributed by atoms with E-state index in [2.05, 4.69) is 318 Å². The van der Waals surface area contributed by atoms with Crippen LogP contribution >= 0.6 is 0 Å². The first kappa shape index (κ1) is 50.1. The van der Waals surface area contributed by atoms with Crippen molar-refractivity contribution in [3.8, 4) is 33.4 Å². The Bertz CT molecular complexity index is 4360. The summed E-state index contributed by atoms with van der Waals surface area (Å²) in [6.07, 6.45) is 9.14. The second kappa shape index (κ2) is 19.1. The zero-order valence-electron chi connectivity index (χ0n) is 47.7. The molecule has 10 aromatic carbocycles. The fraction of sp³-hybridized carbons (Fsp3) is 0.114. The molecule has 3 aliphatic rings. The van der Waals surface area contributed by atoms with Crippen molar-refractivity contribution < 1.29 is 0 Å². The molecule has 0 atom stereocenters. The molecule has 4 nitrogen and oxygen atoms in total. The van der Waals surface area contributed by atoms with Crippen molar-refractivity contribution in [1.29, 1.82) is 0 Å². The van der Waals surface area contributed by atoms with Gasteiger partial charge in [-0.1, -0.05) is 224 Å². The van der Waals surface area contributed by atoms with Crippen molar-refractivity contribution >= 4 is 80.5 Å². The van der Waals surface area contributed by atoms with Crippen LogP contribution in [0.25, 0.3) is 79.5 Å². The number of hydrogen-bond donors (Lipinski definition) is 0. The van der Waals surface area contributed by atoms with Gasteiger partial charge in [-0.15, -0.1) is 0 Å². The molecule has 0 radical (unpaired) electrons. The van der Waals surface area contributed by atoms with E-state index in [4.69, 9.17) is 9.97 Å². The van der Waals surface area contributed by atoms with E-state index < -0.39 is 0 Å². The van der Waals surface area contributed by atoms with Crippen LogP contribution in [0.4, 0.5) is 34.4 Å². The van der Waals surface area contributed by atoms with Crippen LogP contribution in [-0.4, -0.2) is 9.97 Å². The highest BCUT2D eigenvalue weighted by atomic mass is 15.2. The van der Waals surface area contributed by atoms with Gasteiger partial charge in [-0.05, 0) is 174 Å². The van der Waals surface area contributed by atoms with E-state index in [1.165, 1.54) is 89.0 Å². The fourth-order valence-electron chi connectivity index (χ4n) is 13.7. The van der Waals surface area contributed by atoms with Gasteiger partial charge in [0.25, 0.3) is 0 Å². The Labute approximate surface area is 487 Å². The Hall–Kier alpha value is -9.90. The average molecular weight is 1070 g/mol. The van der Waals surface area contributed by atoms with E-state index in [1.807, 2.05) is 0 Å². The molecule has 0 N–H and O–H groups in total. The summed E-state index contributed by atoms with van der Waals surface area (Å²) >= 11 is 0. The number of para-hydroxylation sites is 4. The Morgan fingerprint density at radius 1 is 0.265 bits per heavy atom. The molecule has 83 heavy (non-hydrogen) atoms. The molecule has 0 saturated carbocycles. The molecular formula is C79H62N4. The van der Waals surface area contributed by atoms with Gasteiger partial charge in [0.15, 0.2) is 0 Å². The second-order valence-corrected chi connectivity index (χ2v) is 24.3. The summed E-state index contributed by atoms with van der Waals surface area (Å²) < 4.78 is 0. The number of aromatic nitrogens is 2. The largest absolute Gasteiger partial charge is 0.295 e. The maximum absolute atomic E-state index is 5.16. The smallest absolute Gasteiger partial charge is 0.138 e. The van der Waals surface area contributed by atoms with E-state index in [1.54, 1.807) is 0 Å². The summed E-state index contributed by atoms with van der Waals surface area (Å²) in [5, 5.41) is 2.26. The lowest BCUT2D eigenvalue weighted by Crippen LogP contribution is -2.17. The summed E-state index contributed by atoms with van der Waals surface area (Å²) in [5.41, 5.74) is 26.4. The number of nitrogens with zero attached hydrogens (tertiary/aromatic N) is 4. The fourth-order valence-corrected chi connectivity index (χ4v) is 13.7. The minimum Gasteiger partial charge on any atom is -0.295 e. The molecule has 12 aromatic rings. The van der Waals surface area contributed by atoms with Crippen molar-refractivity contribution in [2.75, 3.05) is 9.80 Å². The molecule has 4 heteroatoms. The van der Waals surface area contributed by atoms with Crippen LogP contribution in [0.5, 0.6) is 0 Å². The van der Waals surface area contributed by atoms with Gasteiger partial charge in [0.2, 0.25) is 0 Å². The normalized spacial score (nSPS) is 14.6. The summed E-state index contributed by atoms with van der Waals surface area (Å²) in [4.78, 5) is 14.9. The molecule has 398 valence electrons. The van der Waals surface area contributed by atoms with Crippen LogP contribution in [0.2, 0.25) is 0 Å². The van der Waals surface area contributed by atoms with E-state index in [0.29, 0.717) is 0 Å². The van der Waals surface area contributed by atoms with E-state index in [9.17, 15) is 0 Å². The highest BCUT2D eigenvalue weighted by molar-refractivity contribution is 5.91. The molecule has 0 spiro atoms. The third-order valence-electron chi connectivity index (χ3n) is 18.2. The molecule has 0 aliphatic heterocycles. The first-order valence-corrected chi connectivity index (χ1v) is 29.0. The topological polar surface area (TPSA) is 32.3 Å². The first-order chi connectivity index (χ1) is 40.4. The number of hydrogen-bond acceptors (Lipinski definition) is 4. The molecule has 0 amide bonds. The van der Waals surface area contributed by atoms with E-state index in [-0.39, 0.29) is 16.2 Å². The van der Waals surface area contributed by atoms with Gasteiger partial charge in [-0.3, -0.25) is 9.80 Å². The van der Waals surface area contributed by atoms with Crippen molar-refractivity contribution in [3.05, 3.63) is 298 Å². The quantitative estimate of drug-likeness (QED) is 0.128. The Kier molecular flexibility index (Phi) is 11.5. The summed E-state index contributed by atoms with van der Waals surface area (Å²) in [6.45, 7) is 14.2. The molecule has 0 fully saturated rings. The zero-order valence-corrected chi connectivity index (χ0v) is 47.7. The number of anilines is 6. The van der Waals surface area contributed by atoms with Gasteiger partial charge in [-0.2, -0.15) is 0 Å². The zero-order chi connectivity index (χ0) is 56.2. The van der Waals surface area contributed by atoms with Crippen LogP contribution in [0.15, 0.2) is 243 Å². The summed E-state index contributed by atoms with van der Waals surface area (Å²) in [5.74, 6) is 1.79. The molecular weight excluding hydrogens is 1000 g/mol. The monoisotopic (exact) mass is 1070 g/mol. The number of benzene rings is 10. The standard InChI is InChI=1S/C79H62N4/c1-77(2)67-45-51(25-27-53-31-39-63-65-41-35-59(49-71(65)78(3,4)69(63)47-53)82(57-19-9-7-10-20-57)75-43-33-55-17-13-15-23-73(55)80-75)29-37-61(67)62-38-30-52(46-68(62)77)26-28-54-32-40-64-66-42-36-60(50-72(66)79(5,6)70(64)48-54)83(58-21-11-8-12-22-58)76-44-34-56-18-14-16-24-74(56)81-76/h7-50H,1-6H3/b27-25+,28-26+. The highest BCUT2D eigenvalue weighted by Crippen LogP contribution is 2.54. The van der Waals surface area contributed by atoms with Crippen LogP contribution < -0.4 is 9.80 Å². The van der Waals surface area contributed by atoms with Crippen molar-refractivity contribution in [3.63, 3.8) is 0 Å². The molecule has 0 unspecified atom stereocenters. The lowest BCUT2D eigenvalue weighted by molar-refractivity contribution is 0.660. The highest BCUT2D eigenvalue weighted by Gasteiger charge is 2.39. The maximum Gasteiger partial charge on any atom is 0.138 e. The van der Waals surface area contributed by atoms with Crippen LogP contribution in [0.1, 0.15) is 97.2 Å². The SMILES string of the molecule is CC1(C)c2cc(/C=C/c3ccc4c(c3)C(C)(C)c3cc(N(c5ccccc5)c5ccc6ccccc6n5)ccc3-4)ccc2-c2ccc(/C=C/c3ccc4c(c3)C(C)(C)c3cc(N(c5ccccc5)c5ccc6ccccc6n5)ccc3-4)cc21. The number of rotatable bonds is 10. The maximum atomic E-state index is 5.16. The van der Waals surface area contributed by atoms with Crippen molar-refractivity contribution in [2.45, 2.75) is 57.8 Å². The third-order valence-corrected chi connectivity index (χ3v) is 18.2. The van der Waals surface area contributed by atoms with Crippen molar-refractivity contribution in [1.82, 2.24) is 9.97 Å². The molecule has 15 rings (SSSR count). The lowest BCUT2D eigenvalue weighted by atomic mass is 9.81. The molecule has 2 heterocycles. The number of fused-ring (bicyclic) bond motifs is 11. The van der Waals surface area contributed by atoms with Crippen LogP contribution in [0, 0.1) is 0 Å². The predicted octanol–water partition coefficient (Wildman–Crippen LogP) is 21.0. The molecule has 0 bridgehead atoms. The predicted molar refractivity (Wildman–Crippen MR) is 350 cm³/mol. The van der Waals surface area contributed by atoms with Gasteiger partial charge >= 0.3 is 0 Å². The van der Waals surface area contributed by atoms with Crippen molar-refractivity contribution in [2.24, 2.45) is 0 Å². The van der Waals surface area contributed by atoms with Gasteiger partial charge in [-0.25, -0.2) is 9.97 Å². The second-order valence-electron chi connectivity index (χ2n) is 24.3. The van der Waals surface area contributed by atoms with Crippen LogP contribution in [-0.2, 0) is 16.2 Å². The molecule has 2 aromatic heterocycles. The van der Waals surface area contributed by atoms with E-state index in [0.717, 1.165) is 56.2 Å². The molecule has 0 saturated heterocycles. The molecule has 3 aliphatic carbocycles. The Morgan fingerprint density at radius 3 is 0.892 bits per heavy atom. The Balaban J connectivity index is 0.665. The van der Waals surface area contributed by atoms with Gasteiger partial charge in [0, 0.05) is 49.8 Å².